The summed E-state index contributed by atoms with van der Waals surface area (Å²) in [6, 6.07) is 8.72. The van der Waals surface area contributed by atoms with Crippen LogP contribution < -0.4 is 0 Å². The second kappa shape index (κ2) is 8.65. The monoisotopic (exact) mass is 313 g/mol. The molecule has 0 N–H and O–H groups in total. The van der Waals surface area contributed by atoms with Crippen LogP contribution in [0.2, 0.25) is 0 Å². The summed E-state index contributed by atoms with van der Waals surface area (Å²) in [5.74, 6) is 0. The van der Waals surface area contributed by atoms with Gasteiger partial charge in [-0.15, -0.1) is 6.58 Å². The van der Waals surface area contributed by atoms with Gasteiger partial charge in [0.25, 0.3) is 0 Å². The number of ether oxygens (including phenoxy) is 1. The standard InChI is InChI=1S/C19H27N3O/c1-5-10-22-15-19(17(3)20-22)14-21(11-12-23-4)13-18-8-6-16(2)7-9-18/h5-9,15H,1,10-14H2,2-4H3. The summed E-state index contributed by atoms with van der Waals surface area (Å²) in [5, 5.41) is 4.54. The zero-order valence-corrected chi connectivity index (χ0v) is 14.5. The van der Waals surface area contributed by atoms with Gasteiger partial charge in [0.15, 0.2) is 0 Å². The van der Waals surface area contributed by atoms with Gasteiger partial charge in [-0.05, 0) is 19.4 Å². The van der Waals surface area contributed by atoms with E-state index in [0.717, 1.165) is 38.5 Å². The molecular formula is C19H27N3O. The van der Waals surface area contributed by atoms with E-state index in [9.17, 15) is 0 Å². The SMILES string of the molecule is C=CCn1cc(CN(CCOC)Cc2ccc(C)cc2)c(C)n1. The number of benzene rings is 1. The average Bonchev–Trinajstić information content (AvgIpc) is 2.87. The first kappa shape index (κ1) is 17.4. The van der Waals surface area contributed by atoms with Gasteiger partial charge in [0.1, 0.15) is 0 Å². The summed E-state index contributed by atoms with van der Waals surface area (Å²) >= 11 is 0. The lowest BCUT2D eigenvalue weighted by Crippen LogP contribution is -2.26. The van der Waals surface area contributed by atoms with Crippen LogP contribution in [-0.4, -0.2) is 34.9 Å². The van der Waals surface area contributed by atoms with Crippen LogP contribution in [0.3, 0.4) is 0 Å². The first-order valence-electron chi connectivity index (χ1n) is 8.03. The van der Waals surface area contributed by atoms with Gasteiger partial charge in [0, 0.05) is 38.5 Å². The Bertz CT molecular complexity index is 616. The van der Waals surface area contributed by atoms with Crippen LogP contribution in [0.1, 0.15) is 22.4 Å². The molecule has 1 aromatic carbocycles. The highest BCUT2D eigenvalue weighted by Crippen LogP contribution is 2.13. The lowest BCUT2D eigenvalue weighted by Gasteiger charge is -2.22. The number of methoxy groups -OCH3 is 1. The fraction of sp³-hybridized carbons (Fsp3) is 0.421. The molecule has 0 unspecified atom stereocenters. The van der Waals surface area contributed by atoms with Crippen molar-refractivity contribution in [3.63, 3.8) is 0 Å². The highest BCUT2D eigenvalue weighted by Gasteiger charge is 2.11. The van der Waals surface area contributed by atoms with Crippen molar-refractivity contribution in [2.75, 3.05) is 20.3 Å². The van der Waals surface area contributed by atoms with Gasteiger partial charge in [0.2, 0.25) is 0 Å². The topological polar surface area (TPSA) is 30.3 Å². The van der Waals surface area contributed by atoms with Crippen molar-refractivity contribution in [1.82, 2.24) is 14.7 Å². The second-order valence-electron chi connectivity index (χ2n) is 5.94. The number of allylic oxidation sites excluding steroid dienone is 1. The first-order valence-corrected chi connectivity index (χ1v) is 8.03. The van der Waals surface area contributed by atoms with Crippen molar-refractivity contribution in [1.29, 1.82) is 0 Å². The second-order valence-corrected chi connectivity index (χ2v) is 5.94. The minimum atomic E-state index is 0.728. The summed E-state index contributed by atoms with van der Waals surface area (Å²) in [5.41, 5.74) is 4.95. The van der Waals surface area contributed by atoms with Crippen LogP contribution in [-0.2, 0) is 24.4 Å². The molecule has 1 heterocycles. The van der Waals surface area contributed by atoms with Crippen LogP contribution in [0, 0.1) is 13.8 Å². The number of hydrogen-bond acceptors (Lipinski definition) is 3. The zero-order chi connectivity index (χ0) is 16.7. The normalized spacial score (nSPS) is 11.1. The van der Waals surface area contributed by atoms with Gasteiger partial charge in [-0.25, -0.2) is 0 Å². The lowest BCUT2D eigenvalue weighted by atomic mass is 10.1. The smallest absolute Gasteiger partial charge is 0.0638 e. The largest absolute Gasteiger partial charge is 0.383 e. The zero-order valence-electron chi connectivity index (χ0n) is 14.5. The van der Waals surface area contributed by atoms with E-state index in [1.54, 1.807) is 7.11 Å². The maximum Gasteiger partial charge on any atom is 0.0638 e. The van der Waals surface area contributed by atoms with E-state index in [0.29, 0.717) is 0 Å². The molecule has 0 fully saturated rings. The van der Waals surface area contributed by atoms with Crippen molar-refractivity contribution < 1.29 is 4.74 Å². The third-order valence-corrected chi connectivity index (χ3v) is 3.90. The molecule has 1 aromatic heterocycles. The van der Waals surface area contributed by atoms with Gasteiger partial charge in [-0.2, -0.15) is 5.10 Å². The maximum atomic E-state index is 5.27. The predicted octanol–water partition coefficient (Wildman–Crippen LogP) is 3.33. The molecule has 124 valence electrons. The minimum absolute atomic E-state index is 0.728. The van der Waals surface area contributed by atoms with E-state index >= 15 is 0 Å². The summed E-state index contributed by atoms with van der Waals surface area (Å²) in [6.45, 7) is 12.1. The molecule has 0 aliphatic carbocycles. The molecule has 0 saturated carbocycles. The molecule has 2 rings (SSSR count). The quantitative estimate of drug-likeness (QED) is 0.665. The molecule has 4 heteroatoms. The third kappa shape index (κ3) is 5.34. The molecule has 4 nitrogen and oxygen atoms in total. The number of aromatic nitrogens is 2. The van der Waals surface area contributed by atoms with Crippen LogP contribution in [0.25, 0.3) is 0 Å². The Morgan fingerprint density at radius 3 is 2.61 bits per heavy atom. The Morgan fingerprint density at radius 2 is 1.96 bits per heavy atom. The Labute approximate surface area is 139 Å². The Morgan fingerprint density at radius 1 is 1.22 bits per heavy atom. The van der Waals surface area contributed by atoms with Gasteiger partial charge < -0.3 is 4.74 Å². The van der Waals surface area contributed by atoms with Crippen LogP contribution in [0.5, 0.6) is 0 Å². The predicted molar refractivity (Wildman–Crippen MR) is 94.3 cm³/mol. The highest BCUT2D eigenvalue weighted by atomic mass is 16.5. The summed E-state index contributed by atoms with van der Waals surface area (Å²) in [7, 11) is 1.75. The molecule has 0 atom stereocenters. The minimum Gasteiger partial charge on any atom is -0.383 e. The van der Waals surface area contributed by atoms with Crippen molar-refractivity contribution in [2.45, 2.75) is 33.5 Å². The fourth-order valence-electron chi connectivity index (χ4n) is 2.57. The van der Waals surface area contributed by atoms with Crippen molar-refractivity contribution in [2.24, 2.45) is 0 Å². The molecule has 23 heavy (non-hydrogen) atoms. The van der Waals surface area contributed by atoms with Gasteiger partial charge >= 0.3 is 0 Å². The number of hydrogen-bond donors (Lipinski definition) is 0. The van der Waals surface area contributed by atoms with Crippen molar-refractivity contribution in [3.05, 3.63) is 65.5 Å². The average molecular weight is 313 g/mol. The van der Waals surface area contributed by atoms with E-state index in [-0.39, 0.29) is 0 Å². The Balaban J connectivity index is 2.08. The van der Waals surface area contributed by atoms with Crippen molar-refractivity contribution in [3.8, 4) is 0 Å². The molecular weight excluding hydrogens is 286 g/mol. The molecule has 0 spiro atoms. The molecule has 0 saturated heterocycles. The summed E-state index contributed by atoms with van der Waals surface area (Å²) in [6.07, 6.45) is 3.98. The molecule has 0 aliphatic rings. The molecule has 0 aliphatic heterocycles. The first-order chi connectivity index (χ1) is 11.1. The van der Waals surface area contributed by atoms with Crippen LogP contribution in [0.15, 0.2) is 43.1 Å². The van der Waals surface area contributed by atoms with Crippen LogP contribution in [0.4, 0.5) is 0 Å². The molecule has 2 aromatic rings. The van der Waals surface area contributed by atoms with E-state index in [1.807, 2.05) is 10.8 Å². The number of nitrogens with zero attached hydrogens (tertiary/aromatic N) is 3. The third-order valence-electron chi connectivity index (χ3n) is 3.90. The van der Waals surface area contributed by atoms with Gasteiger partial charge in [-0.1, -0.05) is 35.9 Å². The maximum absolute atomic E-state index is 5.27. The van der Waals surface area contributed by atoms with E-state index < -0.39 is 0 Å². The number of rotatable bonds is 9. The van der Waals surface area contributed by atoms with E-state index in [1.165, 1.54) is 16.7 Å². The Kier molecular flexibility index (Phi) is 6.56. The molecule has 0 amide bonds. The molecule has 0 bridgehead atoms. The van der Waals surface area contributed by atoms with Crippen LogP contribution >= 0.6 is 0 Å². The van der Waals surface area contributed by atoms with E-state index in [2.05, 4.69) is 60.9 Å². The number of aryl methyl sites for hydroxylation is 2. The Hall–Kier alpha value is -1.91. The van der Waals surface area contributed by atoms with Gasteiger partial charge in [0.05, 0.1) is 18.8 Å². The highest BCUT2D eigenvalue weighted by molar-refractivity contribution is 5.22. The summed E-state index contributed by atoms with van der Waals surface area (Å²) in [4.78, 5) is 2.40. The van der Waals surface area contributed by atoms with E-state index in [4.69, 9.17) is 4.74 Å². The summed E-state index contributed by atoms with van der Waals surface area (Å²) < 4.78 is 7.21. The fourth-order valence-corrected chi connectivity index (χ4v) is 2.57. The van der Waals surface area contributed by atoms with Crippen molar-refractivity contribution >= 4 is 0 Å². The lowest BCUT2D eigenvalue weighted by molar-refractivity contribution is 0.140. The van der Waals surface area contributed by atoms with Gasteiger partial charge in [-0.3, -0.25) is 9.58 Å². The molecule has 0 radical (unpaired) electrons.